The number of hydrogen-bond donors (Lipinski definition) is 0. The Morgan fingerprint density at radius 2 is 1.78 bits per heavy atom. The highest BCUT2D eigenvalue weighted by Gasteiger charge is 2.32. The molecule has 0 saturated carbocycles. The second kappa shape index (κ2) is 8.99. The number of benzene rings is 1. The fourth-order valence-electron chi connectivity index (χ4n) is 3.26. The quantitative estimate of drug-likeness (QED) is 0.553. The van der Waals surface area contributed by atoms with Gasteiger partial charge in [-0.25, -0.2) is 4.98 Å². The zero-order chi connectivity index (χ0) is 22.7. The van der Waals surface area contributed by atoms with Crippen molar-refractivity contribution >= 4 is 29.4 Å². The molecule has 32 heavy (non-hydrogen) atoms. The molecule has 2 aromatic heterocycles. The molecule has 1 fully saturated rings. The smallest absolute Gasteiger partial charge is 0.352 e. The maximum atomic E-state index is 12.8. The third kappa shape index (κ3) is 4.91. The molecular formula is C21H18ClF3N6O. The molecule has 3 aromatic rings. The van der Waals surface area contributed by atoms with Gasteiger partial charge < -0.3 is 9.80 Å². The predicted octanol–water partition coefficient (Wildman–Crippen LogP) is 3.70. The van der Waals surface area contributed by atoms with Gasteiger partial charge in [-0.1, -0.05) is 29.8 Å². The van der Waals surface area contributed by atoms with Gasteiger partial charge in [-0.05, 0) is 24.3 Å². The molecule has 166 valence electrons. The fourth-order valence-corrected chi connectivity index (χ4v) is 3.54. The molecule has 4 rings (SSSR count). The summed E-state index contributed by atoms with van der Waals surface area (Å²) in [4.78, 5) is 21.3. The van der Waals surface area contributed by atoms with Gasteiger partial charge in [0.15, 0.2) is 0 Å². The van der Waals surface area contributed by atoms with Crippen LogP contribution in [0.25, 0.3) is 11.8 Å². The predicted molar refractivity (Wildman–Crippen MR) is 113 cm³/mol. The van der Waals surface area contributed by atoms with Crippen LogP contribution in [0, 0.1) is 0 Å². The second-order valence-corrected chi connectivity index (χ2v) is 7.47. The van der Waals surface area contributed by atoms with Crippen molar-refractivity contribution in [2.24, 2.45) is 0 Å². The van der Waals surface area contributed by atoms with Crippen LogP contribution in [0.2, 0.25) is 5.02 Å². The molecular weight excluding hydrogens is 445 g/mol. The Hall–Kier alpha value is -3.40. The molecule has 0 unspecified atom stereocenters. The molecule has 3 heterocycles. The van der Waals surface area contributed by atoms with Crippen LogP contribution in [0.3, 0.4) is 0 Å². The van der Waals surface area contributed by atoms with E-state index in [0.717, 1.165) is 18.0 Å². The molecule has 11 heteroatoms. The first-order valence-corrected chi connectivity index (χ1v) is 10.1. The zero-order valence-electron chi connectivity index (χ0n) is 16.7. The van der Waals surface area contributed by atoms with Gasteiger partial charge in [-0.2, -0.15) is 23.1 Å². The standard InChI is InChI=1S/C21H18ClF3N6O/c22-18-12-15(21(23,24)25)13-26-20(18)30-10-8-29(9-11-30)19(32)7-6-16-14-27-31(28-16)17-4-2-1-3-5-17/h1-7,12-14H,8-11H2/b7-6+. The number of nitrogens with zero attached hydrogens (tertiary/aromatic N) is 6. The number of hydrogen-bond acceptors (Lipinski definition) is 5. The highest BCUT2D eigenvalue weighted by Crippen LogP contribution is 2.33. The summed E-state index contributed by atoms with van der Waals surface area (Å²) in [5, 5.41) is 8.43. The number of aromatic nitrogens is 4. The van der Waals surface area contributed by atoms with E-state index in [-0.39, 0.29) is 16.7 Å². The number of alkyl halides is 3. The Bertz CT molecular complexity index is 1120. The van der Waals surface area contributed by atoms with Gasteiger partial charge in [0.25, 0.3) is 0 Å². The highest BCUT2D eigenvalue weighted by molar-refractivity contribution is 6.33. The summed E-state index contributed by atoms with van der Waals surface area (Å²) < 4.78 is 38.4. The molecule has 1 saturated heterocycles. The molecule has 1 aliphatic rings. The molecule has 1 amide bonds. The van der Waals surface area contributed by atoms with E-state index in [1.807, 2.05) is 30.3 Å². The lowest BCUT2D eigenvalue weighted by molar-refractivity contribution is -0.137. The normalized spacial score (nSPS) is 14.9. The molecule has 1 aliphatic heterocycles. The molecule has 0 atom stereocenters. The van der Waals surface area contributed by atoms with Crippen LogP contribution in [0.15, 0.2) is 54.9 Å². The summed E-state index contributed by atoms with van der Waals surface area (Å²) in [5.74, 6) is 0.0882. The van der Waals surface area contributed by atoms with Crippen LogP contribution in [0.4, 0.5) is 19.0 Å². The first kappa shape index (κ1) is 21.8. The van der Waals surface area contributed by atoms with Crippen molar-refractivity contribution in [2.75, 3.05) is 31.1 Å². The number of pyridine rings is 1. The van der Waals surface area contributed by atoms with Crippen molar-refractivity contribution < 1.29 is 18.0 Å². The van der Waals surface area contributed by atoms with E-state index < -0.39 is 11.7 Å². The van der Waals surface area contributed by atoms with Gasteiger partial charge >= 0.3 is 6.18 Å². The SMILES string of the molecule is O=C(/C=C/c1cnn(-c2ccccc2)n1)N1CCN(c2ncc(C(F)(F)F)cc2Cl)CC1. The molecule has 1 aromatic carbocycles. The largest absolute Gasteiger partial charge is 0.417 e. The molecule has 0 aliphatic carbocycles. The Kier molecular flexibility index (Phi) is 6.13. The number of carbonyl (C=O) groups is 1. The number of halogens is 4. The molecule has 0 radical (unpaired) electrons. The highest BCUT2D eigenvalue weighted by atomic mass is 35.5. The lowest BCUT2D eigenvalue weighted by Crippen LogP contribution is -2.48. The Labute approximate surface area is 186 Å². The molecule has 0 spiro atoms. The Morgan fingerprint density at radius 1 is 1.06 bits per heavy atom. The maximum absolute atomic E-state index is 12.8. The van der Waals surface area contributed by atoms with Crippen LogP contribution < -0.4 is 4.90 Å². The number of rotatable bonds is 4. The van der Waals surface area contributed by atoms with Gasteiger partial charge in [0.2, 0.25) is 5.91 Å². The molecule has 0 N–H and O–H groups in total. The van der Waals surface area contributed by atoms with E-state index in [9.17, 15) is 18.0 Å². The van der Waals surface area contributed by atoms with Gasteiger partial charge in [0.1, 0.15) is 11.5 Å². The summed E-state index contributed by atoms with van der Waals surface area (Å²) in [6.07, 6.45) is 0.851. The minimum atomic E-state index is -4.50. The second-order valence-electron chi connectivity index (χ2n) is 7.07. The Balaban J connectivity index is 1.34. The van der Waals surface area contributed by atoms with Gasteiger partial charge in [0.05, 0.1) is 22.5 Å². The first-order valence-electron chi connectivity index (χ1n) is 9.74. The van der Waals surface area contributed by atoms with Crippen LogP contribution >= 0.6 is 11.6 Å². The maximum Gasteiger partial charge on any atom is 0.417 e. The number of para-hydroxylation sites is 1. The van der Waals surface area contributed by atoms with Crippen LogP contribution in [0.5, 0.6) is 0 Å². The average Bonchev–Trinajstić information content (AvgIpc) is 3.27. The number of amides is 1. The van der Waals surface area contributed by atoms with Crippen molar-refractivity contribution in [1.29, 1.82) is 0 Å². The van der Waals surface area contributed by atoms with Gasteiger partial charge in [-0.15, -0.1) is 5.10 Å². The third-order valence-electron chi connectivity index (χ3n) is 4.93. The summed E-state index contributed by atoms with van der Waals surface area (Å²) in [6, 6.07) is 10.3. The summed E-state index contributed by atoms with van der Waals surface area (Å²) in [6.45, 7) is 1.58. The van der Waals surface area contributed by atoms with E-state index in [4.69, 9.17) is 11.6 Å². The van der Waals surface area contributed by atoms with Crippen LogP contribution in [0.1, 0.15) is 11.3 Å². The van der Waals surface area contributed by atoms with E-state index in [2.05, 4.69) is 15.2 Å². The third-order valence-corrected chi connectivity index (χ3v) is 5.21. The van der Waals surface area contributed by atoms with E-state index in [1.54, 1.807) is 22.1 Å². The van der Waals surface area contributed by atoms with Crippen molar-refractivity contribution in [2.45, 2.75) is 6.18 Å². The lowest BCUT2D eigenvalue weighted by Gasteiger charge is -2.35. The fraction of sp³-hybridized carbons (Fsp3) is 0.238. The van der Waals surface area contributed by atoms with Crippen molar-refractivity contribution in [3.8, 4) is 5.69 Å². The van der Waals surface area contributed by atoms with Crippen LogP contribution in [-0.2, 0) is 11.0 Å². The monoisotopic (exact) mass is 462 g/mol. The lowest BCUT2D eigenvalue weighted by atomic mass is 10.2. The van der Waals surface area contributed by atoms with Crippen molar-refractivity contribution in [1.82, 2.24) is 24.9 Å². The molecule has 0 bridgehead atoms. The number of piperazine rings is 1. The average molecular weight is 463 g/mol. The van der Waals surface area contributed by atoms with Crippen molar-refractivity contribution in [3.63, 3.8) is 0 Å². The van der Waals surface area contributed by atoms with E-state index in [1.165, 1.54) is 10.9 Å². The summed E-state index contributed by atoms with van der Waals surface area (Å²) in [5.41, 5.74) is 0.459. The van der Waals surface area contributed by atoms with Gasteiger partial charge in [-0.3, -0.25) is 4.79 Å². The van der Waals surface area contributed by atoms with Crippen molar-refractivity contribution in [3.05, 3.63) is 71.1 Å². The zero-order valence-corrected chi connectivity index (χ0v) is 17.5. The Morgan fingerprint density at radius 3 is 2.44 bits per heavy atom. The molecule has 7 nitrogen and oxygen atoms in total. The van der Waals surface area contributed by atoms with E-state index >= 15 is 0 Å². The van der Waals surface area contributed by atoms with Crippen LogP contribution in [-0.4, -0.2) is 57.0 Å². The van der Waals surface area contributed by atoms with Gasteiger partial charge in [0, 0.05) is 38.5 Å². The minimum Gasteiger partial charge on any atom is -0.352 e. The number of carbonyl (C=O) groups excluding carboxylic acids is 1. The summed E-state index contributed by atoms with van der Waals surface area (Å²) >= 11 is 6.02. The first-order chi connectivity index (χ1) is 15.3. The summed E-state index contributed by atoms with van der Waals surface area (Å²) in [7, 11) is 0. The topological polar surface area (TPSA) is 67.2 Å². The van der Waals surface area contributed by atoms with E-state index in [0.29, 0.717) is 31.9 Å². The minimum absolute atomic E-state index is 0.0685. The number of anilines is 1.